The van der Waals surface area contributed by atoms with Crippen molar-refractivity contribution in [1.29, 1.82) is 5.26 Å². The van der Waals surface area contributed by atoms with Crippen molar-refractivity contribution < 1.29 is 4.63 Å². The highest BCUT2D eigenvalue weighted by Crippen LogP contribution is 2.25. The molecular formula is C15H13N5O. The number of aromatic nitrogens is 3. The number of nitrogen functional groups attached to an aromatic ring is 1. The zero-order valence-electron chi connectivity index (χ0n) is 11.5. The summed E-state index contributed by atoms with van der Waals surface area (Å²) in [6.45, 7) is 1.89. The molecule has 2 heterocycles. The van der Waals surface area contributed by atoms with E-state index in [9.17, 15) is 0 Å². The third kappa shape index (κ3) is 2.41. The molecule has 104 valence electrons. The minimum Gasteiger partial charge on any atom is -0.396 e. The first-order valence-corrected chi connectivity index (χ1v) is 6.51. The van der Waals surface area contributed by atoms with E-state index in [2.05, 4.69) is 26.0 Å². The quantitative estimate of drug-likeness (QED) is 0.788. The molecule has 0 fully saturated rings. The van der Waals surface area contributed by atoms with Gasteiger partial charge in [0.2, 0.25) is 5.65 Å². The first-order chi connectivity index (χ1) is 10.2. The Balaban J connectivity index is 1.96. The smallest absolute Gasteiger partial charge is 0.226 e. The number of nitrogens with zero attached hydrogens (tertiary/aromatic N) is 4. The van der Waals surface area contributed by atoms with Gasteiger partial charge >= 0.3 is 0 Å². The number of nitrogens with two attached hydrogens (primary N) is 1. The molecule has 0 unspecified atom stereocenters. The Kier molecular flexibility index (Phi) is 3.24. The van der Waals surface area contributed by atoms with Crippen molar-refractivity contribution in [2.75, 3.05) is 5.73 Å². The van der Waals surface area contributed by atoms with Crippen LogP contribution < -0.4 is 5.73 Å². The van der Waals surface area contributed by atoms with Gasteiger partial charge in [0.15, 0.2) is 5.52 Å². The van der Waals surface area contributed by atoms with Crippen molar-refractivity contribution in [2.24, 2.45) is 0 Å². The summed E-state index contributed by atoms with van der Waals surface area (Å²) in [6.07, 6.45) is 1.07. The average molecular weight is 279 g/mol. The number of benzene rings is 1. The summed E-state index contributed by atoms with van der Waals surface area (Å²) in [7, 11) is 0. The average Bonchev–Trinajstić information content (AvgIpc) is 2.94. The molecule has 0 aliphatic heterocycles. The van der Waals surface area contributed by atoms with Crippen LogP contribution in [-0.2, 0) is 12.8 Å². The summed E-state index contributed by atoms with van der Waals surface area (Å²) >= 11 is 0. The Labute approximate surface area is 121 Å². The number of fused-ring (bicyclic) bond motifs is 1. The van der Waals surface area contributed by atoms with E-state index in [0.717, 1.165) is 22.4 Å². The van der Waals surface area contributed by atoms with Crippen LogP contribution in [0.1, 0.15) is 22.4 Å². The van der Waals surface area contributed by atoms with Crippen LogP contribution in [0, 0.1) is 18.3 Å². The number of hydrogen-bond donors (Lipinski definition) is 1. The van der Waals surface area contributed by atoms with Crippen LogP contribution in [0.3, 0.4) is 0 Å². The van der Waals surface area contributed by atoms with Gasteiger partial charge in [0, 0.05) is 17.7 Å². The molecule has 0 amide bonds. The zero-order chi connectivity index (χ0) is 14.8. The van der Waals surface area contributed by atoms with Gasteiger partial charge in [-0.05, 0) is 28.4 Å². The molecule has 0 radical (unpaired) electrons. The van der Waals surface area contributed by atoms with Gasteiger partial charge in [0.1, 0.15) is 0 Å². The Hall–Kier alpha value is -2.94. The van der Waals surface area contributed by atoms with Gasteiger partial charge in [-0.1, -0.05) is 24.3 Å². The Bertz CT molecular complexity index is 830. The number of anilines is 1. The lowest BCUT2D eigenvalue weighted by atomic mass is 10.0. The summed E-state index contributed by atoms with van der Waals surface area (Å²) in [5, 5.41) is 16.2. The molecular weight excluding hydrogens is 266 g/mol. The van der Waals surface area contributed by atoms with Crippen LogP contribution >= 0.6 is 0 Å². The summed E-state index contributed by atoms with van der Waals surface area (Å²) in [4.78, 5) is 4.35. The summed E-state index contributed by atoms with van der Waals surface area (Å²) in [6, 6.07) is 10.0. The second-order valence-electron chi connectivity index (χ2n) is 4.85. The maximum Gasteiger partial charge on any atom is 0.226 e. The van der Waals surface area contributed by atoms with E-state index in [-0.39, 0.29) is 0 Å². The fourth-order valence-corrected chi connectivity index (χ4v) is 2.28. The molecule has 3 aromatic rings. The molecule has 0 spiro atoms. The molecule has 6 heteroatoms. The number of aryl methyl sites for hydroxylation is 1. The number of pyridine rings is 1. The van der Waals surface area contributed by atoms with Gasteiger partial charge in [-0.15, -0.1) is 0 Å². The van der Waals surface area contributed by atoms with E-state index in [0.29, 0.717) is 29.7 Å². The Morgan fingerprint density at radius 2 is 1.90 bits per heavy atom. The van der Waals surface area contributed by atoms with Crippen LogP contribution in [0.2, 0.25) is 0 Å². The largest absolute Gasteiger partial charge is 0.396 e. The van der Waals surface area contributed by atoms with Gasteiger partial charge in [0.25, 0.3) is 0 Å². The highest BCUT2D eigenvalue weighted by atomic mass is 16.6. The second-order valence-corrected chi connectivity index (χ2v) is 4.85. The molecule has 0 bridgehead atoms. The van der Waals surface area contributed by atoms with Gasteiger partial charge in [-0.25, -0.2) is 9.61 Å². The fourth-order valence-electron chi connectivity index (χ4n) is 2.28. The van der Waals surface area contributed by atoms with Gasteiger partial charge in [-0.2, -0.15) is 5.26 Å². The SMILES string of the molecule is Cc1nc2nonc2c(N)c1Cc1ccc(CC#N)cc1. The fraction of sp³-hybridized carbons (Fsp3) is 0.200. The molecule has 1 aromatic carbocycles. The van der Waals surface area contributed by atoms with E-state index in [1.54, 1.807) is 0 Å². The van der Waals surface area contributed by atoms with E-state index >= 15 is 0 Å². The normalized spacial score (nSPS) is 10.7. The van der Waals surface area contributed by atoms with E-state index in [4.69, 9.17) is 11.0 Å². The lowest BCUT2D eigenvalue weighted by Crippen LogP contribution is -2.02. The summed E-state index contributed by atoms with van der Waals surface area (Å²) in [5.41, 5.74) is 11.5. The molecule has 0 atom stereocenters. The molecule has 0 aliphatic carbocycles. The number of rotatable bonds is 3. The molecule has 21 heavy (non-hydrogen) atoms. The summed E-state index contributed by atoms with van der Waals surface area (Å²) in [5.74, 6) is 0. The van der Waals surface area contributed by atoms with Crippen molar-refractivity contribution in [3.63, 3.8) is 0 Å². The first kappa shape index (κ1) is 13.1. The minimum absolute atomic E-state index is 0.416. The highest BCUT2D eigenvalue weighted by molar-refractivity contribution is 5.85. The molecule has 0 saturated carbocycles. The molecule has 6 nitrogen and oxygen atoms in total. The van der Waals surface area contributed by atoms with Crippen molar-refractivity contribution in [1.82, 2.24) is 15.3 Å². The van der Waals surface area contributed by atoms with Crippen LogP contribution in [0.25, 0.3) is 11.2 Å². The molecule has 3 rings (SSSR count). The first-order valence-electron chi connectivity index (χ1n) is 6.51. The summed E-state index contributed by atoms with van der Waals surface area (Å²) < 4.78 is 4.68. The van der Waals surface area contributed by atoms with Gasteiger partial charge in [-0.3, -0.25) is 0 Å². The third-order valence-electron chi connectivity index (χ3n) is 3.45. The van der Waals surface area contributed by atoms with Gasteiger partial charge < -0.3 is 5.73 Å². The number of hydrogen-bond acceptors (Lipinski definition) is 6. The predicted octanol–water partition coefficient (Wildman–Crippen LogP) is 2.17. The minimum atomic E-state index is 0.416. The molecule has 2 aromatic heterocycles. The third-order valence-corrected chi connectivity index (χ3v) is 3.45. The van der Waals surface area contributed by atoms with E-state index in [1.165, 1.54) is 0 Å². The van der Waals surface area contributed by atoms with Gasteiger partial charge in [0.05, 0.1) is 18.2 Å². The lowest BCUT2D eigenvalue weighted by Gasteiger charge is -2.09. The van der Waals surface area contributed by atoms with E-state index in [1.807, 2.05) is 31.2 Å². The van der Waals surface area contributed by atoms with Crippen LogP contribution in [-0.4, -0.2) is 15.3 Å². The Morgan fingerprint density at radius 1 is 1.19 bits per heavy atom. The topological polar surface area (TPSA) is 102 Å². The van der Waals surface area contributed by atoms with E-state index < -0.39 is 0 Å². The maximum atomic E-state index is 8.68. The standard InChI is InChI=1S/C15H13N5O/c1-9-12(13(17)14-15(18-9)20-21-19-14)8-11-4-2-10(3-5-11)6-7-16/h2-5H,6,8,17H2,1H3. The molecule has 0 saturated heterocycles. The van der Waals surface area contributed by atoms with Crippen molar-refractivity contribution in [3.8, 4) is 6.07 Å². The molecule has 0 aliphatic rings. The number of nitriles is 1. The lowest BCUT2D eigenvalue weighted by molar-refractivity contribution is 0.315. The van der Waals surface area contributed by atoms with Crippen LogP contribution in [0.15, 0.2) is 28.9 Å². The monoisotopic (exact) mass is 279 g/mol. The van der Waals surface area contributed by atoms with Crippen LogP contribution in [0.5, 0.6) is 0 Å². The van der Waals surface area contributed by atoms with Crippen LogP contribution in [0.4, 0.5) is 5.69 Å². The second kappa shape index (κ2) is 5.21. The maximum absolute atomic E-state index is 8.68. The Morgan fingerprint density at radius 3 is 2.62 bits per heavy atom. The molecule has 2 N–H and O–H groups in total. The predicted molar refractivity (Wildman–Crippen MR) is 77.3 cm³/mol. The highest BCUT2D eigenvalue weighted by Gasteiger charge is 2.14. The van der Waals surface area contributed by atoms with Crippen molar-refractivity contribution in [3.05, 3.63) is 46.6 Å². The van der Waals surface area contributed by atoms with Crippen molar-refractivity contribution >= 4 is 16.9 Å². The van der Waals surface area contributed by atoms with Crippen molar-refractivity contribution in [2.45, 2.75) is 19.8 Å². The zero-order valence-corrected chi connectivity index (χ0v) is 11.5.